The molecule has 0 aliphatic carbocycles. The Kier molecular flexibility index (Phi) is 3.86. The fourth-order valence-electron chi connectivity index (χ4n) is 1.90. The van der Waals surface area contributed by atoms with Crippen LogP contribution in [-0.2, 0) is 10.1 Å². The molecule has 0 heterocycles. The minimum atomic E-state index is -3.78. The molecule has 0 atom stereocenters. The molecule has 0 fully saturated rings. The molecule has 0 bridgehead atoms. The molecule has 0 saturated carbocycles. The van der Waals surface area contributed by atoms with Crippen molar-refractivity contribution in [1.82, 2.24) is 0 Å². The van der Waals surface area contributed by atoms with Crippen molar-refractivity contribution in [3.8, 4) is 5.75 Å². The third-order valence-electron chi connectivity index (χ3n) is 3.30. The monoisotopic (exact) mass is 290 g/mol. The Morgan fingerprint density at radius 2 is 1.35 bits per heavy atom. The van der Waals surface area contributed by atoms with Crippen LogP contribution in [0.5, 0.6) is 5.75 Å². The molecule has 0 saturated heterocycles. The van der Waals surface area contributed by atoms with Gasteiger partial charge in [0.2, 0.25) is 0 Å². The highest BCUT2D eigenvalue weighted by Gasteiger charge is 2.18. The van der Waals surface area contributed by atoms with Gasteiger partial charge in [-0.25, -0.2) is 0 Å². The lowest BCUT2D eigenvalue weighted by atomic mass is 10.1. The number of hydrogen-bond donors (Lipinski definition) is 0. The minimum absolute atomic E-state index is 0.167. The van der Waals surface area contributed by atoms with Crippen molar-refractivity contribution >= 4 is 10.1 Å². The summed E-state index contributed by atoms with van der Waals surface area (Å²) in [5, 5.41) is 0. The molecule has 0 aliphatic heterocycles. The van der Waals surface area contributed by atoms with Gasteiger partial charge in [0.25, 0.3) is 0 Å². The SMILES string of the molecule is Cc1ccc(S(=O)(=O)Oc2cc(C)c(C)cc2C)cc1. The summed E-state index contributed by atoms with van der Waals surface area (Å²) >= 11 is 0. The Labute approximate surface area is 120 Å². The predicted octanol–water partition coefficient (Wildman–Crippen LogP) is 3.69. The Morgan fingerprint density at radius 3 is 1.95 bits per heavy atom. The zero-order valence-corrected chi connectivity index (χ0v) is 12.9. The molecule has 3 nitrogen and oxygen atoms in total. The summed E-state index contributed by atoms with van der Waals surface area (Å²) in [6, 6.07) is 10.3. The highest BCUT2D eigenvalue weighted by molar-refractivity contribution is 7.87. The van der Waals surface area contributed by atoms with Gasteiger partial charge < -0.3 is 4.18 Å². The van der Waals surface area contributed by atoms with Crippen molar-refractivity contribution in [3.05, 3.63) is 58.7 Å². The summed E-state index contributed by atoms with van der Waals surface area (Å²) < 4.78 is 29.7. The highest BCUT2D eigenvalue weighted by Crippen LogP contribution is 2.26. The lowest BCUT2D eigenvalue weighted by Crippen LogP contribution is -2.10. The van der Waals surface area contributed by atoms with E-state index in [4.69, 9.17) is 4.18 Å². The van der Waals surface area contributed by atoms with Crippen LogP contribution < -0.4 is 4.18 Å². The van der Waals surface area contributed by atoms with E-state index in [-0.39, 0.29) is 4.90 Å². The number of hydrogen-bond acceptors (Lipinski definition) is 3. The maximum Gasteiger partial charge on any atom is 0.339 e. The summed E-state index contributed by atoms with van der Waals surface area (Å²) in [5.74, 6) is 0.383. The fourth-order valence-corrected chi connectivity index (χ4v) is 2.88. The van der Waals surface area contributed by atoms with Crippen LogP contribution in [0.15, 0.2) is 41.3 Å². The van der Waals surface area contributed by atoms with Crippen molar-refractivity contribution in [1.29, 1.82) is 0 Å². The second-order valence-electron chi connectivity index (χ2n) is 5.05. The van der Waals surface area contributed by atoms with Crippen LogP contribution in [0.25, 0.3) is 0 Å². The van der Waals surface area contributed by atoms with Crippen LogP contribution in [0.3, 0.4) is 0 Å². The summed E-state index contributed by atoms with van der Waals surface area (Å²) in [7, 11) is -3.78. The smallest absolute Gasteiger partial charge is 0.339 e. The molecule has 0 aromatic heterocycles. The second kappa shape index (κ2) is 5.29. The van der Waals surface area contributed by atoms with Gasteiger partial charge in [0.1, 0.15) is 10.6 Å². The standard InChI is InChI=1S/C16H18O3S/c1-11-5-7-15(8-6-11)20(17,18)19-16-10-13(3)12(2)9-14(16)4/h5-10H,1-4H3. The molecular formula is C16H18O3S. The van der Waals surface area contributed by atoms with E-state index in [0.29, 0.717) is 5.75 Å². The molecule has 0 amide bonds. The first-order valence-electron chi connectivity index (χ1n) is 6.38. The molecule has 0 unspecified atom stereocenters. The fraction of sp³-hybridized carbons (Fsp3) is 0.250. The van der Waals surface area contributed by atoms with Crippen LogP contribution in [0.4, 0.5) is 0 Å². The lowest BCUT2D eigenvalue weighted by Gasteiger charge is -2.12. The van der Waals surface area contributed by atoms with E-state index in [1.54, 1.807) is 30.3 Å². The van der Waals surface area contributed by atoms with E-state index in [0.717, 1.165) is 22.3 Å². The van der Waals surface area contributed by atoms with Crippen molar-refractivity contribution in [2.24, 2.45) is 0 Å². The third-order valence-corrected chi connectivity index (χ3v) is 4.55. The van der Waals surface area contributed by atoms with Gasteiger partial charge in [-0.1, -0.05) is 23.8 Å². The van der Waals surface area contributed by atoms with Gasteiger partial charge in [0.05, 0.1) is 0 Å². The molecule has 2 aromatic carbocycles. The van der Waals surface area contributed by atoms with Crippen LogP contribution in [0.1, 0.15) is 22.3 Å². The molecule has 0 radical (unpaired) electrons. The van der Waals surface area contributed by atoms with Gasteiger partial charge in [0.15, 0.2) is 0 Å². The van der Waals surface area contributed by atoms with Crippen molar-refractivity contribution < 1.29 is 12.6 Å². The highest BCUT2D eigenvalue weighted by atomic mass is 32.2. The lowest BCUT2D eigenvalue weighted by molar-refractivity contribution is 0.484. The summed E-state index contributed by atoms with van der Waals surface area (Å²) in [5.41, 5.74) is 3.93. The maximum atomic E-state index is 12.2. The molecule has 2 aromatic rings. The van der Waals surface area contributed by atoms with Crippen molar-refractivity contribution in [3.63, 3.8) is 0 Å². The van der Waals surface area contributed by atoms with Crippen molar-refractivity contribution in [2.75, 3.05) is 0 Å². The summed E-state index contributed by atoms with van der Waals surface area (Å²) in [6.45, 7) is 7.66. The molecular weight excluding hydrogens is 272 g/mol. The van der Waals surface area contributed by atoms with Crippen LogP contribution in [0, 0.1) is 27.7 Å². The first kappa shape index (κ1) is 14.6. The molecule has 0 N–H and O–H groups in total. The average molecular weight is 290 g/mol. The average Bonchev–Trinajstić information content (AvgIpc) is 2.36. The van der Waals surface area contributed by atoms with E-state index in [1.807, 2.05) is 33.8 Å². The first-order chi connectivity index (χ1) is 9.29. The van der Waals surface area contributed by atoms with Crippen molar-refractivity contribution in [2.45, 2.75) is 32.6 Å². The van der Waals surface area contributed by atoms with Crippen LogP contribution >= 0.6 is 0 Å². The maximum absolute atomic E-state index is 12.2. The largest absolute Gasteiger partial charge is 0.379 e. The minimum Gasteiger partial charge on any atom is -0.379 e. The Balaban J connectivity index is 2.38. The van der Waals surface area contributed by atoms with E-state index in [1.165, 1.54) is 0 Å². The van der Waals surface area contributed by atoms with Crippen LogP contribution in [0.2, 0.25) is 0 Å². The van der Waals surface area contributed by atoms with Gasteiger partial charge >= 0.3 is 10.1 Å². The summed E-state index contributed by atoms with van der Waals surface area (Å²) in [6.07, 6.45) is 0. The quantitative estimate of drug-likeness (QED) is 0.810. The van der Waals surface area contributed by atoms with E-state index < -0.39 is 10.1 Å². The van der Waals surface area contributed by atoms with Gasteiger partial charge in [-0.2, -0.15) is 8.42 Å². The van der Waals surface area contributed by atoms with E-state index in [9.17, 15) is 8.42 Å². The third kappa shape index (κ3) is 3.02. The Hall–Kier alpha value is -1.81. The van der Waals surface area contributed by atoms with E-state index >= 15 is 0 Å². The molecule has 106 valence electrons. The number of benzene rings is 2. The van der Waals surface area contributed by atoms with Crippen LogP contribution in [-0.4, -0.2) is 8.42 Å². The normalized spacial score (nSPS) is 11.4. The van der Waals surface area contributed by atoms with Gasteiger partial charge in [-0.15, -0.1) is 0 Å². The number of aryl methyl sites for hydroxylation is 4. The Bertz CT molecular complexity index is 729. The molecule has 0 aliphatic rings. The summed E-state index contributed by atoms with van der Waals surface area (Å²) in [4.78, 5) is 0.167. The first-order valence-corrected chi connectivity index (χ1v) is 7.79. The zero-order chi connectivity index (χ0) is 14.9. The van der Waals surface area contributed by atoms with Gasteiger partial charge in [-0.05, 0) is 62.6 Å². The topological polar surface area (TPSA) is 43.4 Å². The number of rotatable bonds is 3. The molecule has 4 heteroatoms. The van der Waals surface area contributed by atoms with E-state index in [2.05, 4.69) is 0 Å². The second-order valence-corrected chi connectivity index (χ2v) is 6.60. The predicted molar refractivity (Wildman–Crippen MR) is 79.6 cm³/mol. The van der Waals surface area contributed by atoms with Gasteiger partial charge in [0, 0.05) is 0 Å². The van der Waals surface area contributed by atoms with Gasteiger partial charge in [-0.3, -0.25) is 0 Å². The Morgan fingerprint density at radius 1 is 0.800 bits per heavy atom. The molecule has 20 heavy (non-hydrogen) atoms. The zero-order valence-electron chi connectivity index (χ0n) is 12.1. The molecule has 2 rings (SSSR count). The molecule has 0 spiro atoms.